The summed E-state index contributed by atoms with van der Waals surface area (Å²) in [6.07, 6.45) is 1.09. The molecular formula is C13H20BrClN2O2. The lowest BCUT2D eigenvalue weighted by atomic mass is 10.2. The summed E-state index contributed by atoms with van der Waals surface area (Å²) in [5.74, 6) is 0.575. The minimum atomic E-state index is -0.0981. The van der Waals surface area contributed by atoms with Crippen molar-refractivity contribution in [1.29, 1.82) is 0 Å². The molecule has 0 bridgehead atoms. The third kappa shape index (κ3) is 6.27. The molecule has 0 fully saturated rings. The van der Waals surface area contributed by atoms with Gasteiger partial charge in [0.1, 0.15) is 5.75 Å². The van der Waals surface area contributed by atoms with Crippen LogP contribution in [-0.4, -0.2) is 32.7 Å². The molecule has 1 aromatic rings. The Morgan fingerprint density at radius 1 is 1.32 bits per heavy atom. The van der Waals surface area contributed by atoms with Crippen LogP contribution in [-0.2, 0) is 0 Å². The molecule has 0 aliphatic carbocycles. The van der Waals surface area contributed by atoms with Crippen molar-refractivity contribution < 1.29 is 9.53 Å². The summed E-state index contributed by atoms with van der Waals surface area (Å²) in [7, 11) is 1.58. The van der Waals surface area contributed by atoms with E-state index in [9.17, 15) is 4.79 Å². The van der Waals surface area contributed by atoms with Crippen LogP contribution < -0.4 is 15.4 Å². The monoisotopic (exact) mass is 350 g/mol. The highest BCUT2D eigenvalue weighted by Gasteiger charge is 2.10. The minimum Gasteiger partial charge on any atom is -0.497 e. The molecular weight excluding hydrogens is 332 g/mol. The SMILES string of the molecule is CCCNCCNC(=O)c1cc(OC)ccc1Br.Cl. The Morgan fingerprint density at radius 3 is 2.68 bits per heavy atom. The van der Waals surface area contributed by atoms with Crippen LogP contribution >= 0.6 is 28.3 Å². The Balaban J connectivity index is 0.00000324. The number of amides is 1. The number of benzene rings is 1. The summed E-state index contributed by atoms with van der Waals surface area (Å²) < 4.78 is 5.87. The highest BCUT2D eigenvalue weighted by atomic mass is 79.9. The van der Waals surface area contributed by atoms with Crippen molar-refractivity contribution in [2.45, 2.75) is 13.3 Å². The first-order valence-electron chi connectivity index (χ1n) is 6.01. The van der Waals surface area contributed by atoms with Gasteiger partial charge in [-0.15, -0.1) is 12.4 Å². The van der Waals surface area contributed by atoms with E-state index in [2.05, 4.69) is 33.5 Å². The highest BCUT2D eigenvalue weighted by molar-refractivity contribution is 9.10. The Bertz CT molecular complexity index is 402. The quantitative estimate of drug-likeness (QED) is 0.743. The lowest BCUT2D eigenvalue weighted by molar-refractivity contribution is 0.0953. The van der Waals surface area contributed by atoms with Crippen LogP contribution in [0, 0.1) is 0 Å². The van der Waals surface area contributed by atoms with Gasteiger partial charge in [0.25, 0.3) is 5.91 Å². The summed E-state index contributed by atoms with van der Waals surface area (Å²) in [5, 5.41) is 6.09. The zero-order chi connectivity index (χ0) is 13.4. The van der Waals surface area contributed by atoms with Gasteiger partial charge in [-0.1, -0.05) is 6.92 Å². The van der Waals surface area contributed by atoms with Gasteiger partial charge >= 0.3 is 0 Å². The lowest BCUT2D eigenvalue weighted by Gasteiger charge is -2.09. The smallest absolute Gasteiger partial charge is 0.252 e. The predicted octanol–water partition coefficient (Wildman–Crippen LogP) is 2.61. The van der Waals surface area contributed by atoms with Crippen LogP contribution in [0.3, 0.4) is 0 Å². The van der Waals surface area contributed by atoms with Crippen molar-refractivity contribution >= 4 is 34.2 Å². The summed E-state index contributed by atoms with van der Waals surface area (Å²) >= 11 is 3.36. The number of hydrogen-bond acceptors (Lipinski definition) is 3. The topological polar surface area (TPSA) is 50.4 Å². The van der Waals surface area contributed by atoms with Crippen molar-refractivity contribution in [3.63, 3.8) is 0 Å². The molecule has 1 aromatic carbocycles. The molecule has 0 heterocycles. The fraction of sp³-hybridized carbons (Fsp3) is 0.462. The van der Waals surface area contributed by atoms with Gasteiger partial charge in [0.15, 0.2) is 0 Å². The minimum absolute atomic E-state index is 0. The molecule has 0 radical (unpaired) electrons. The second-order valence-electron chi connectivity index (χ2n) is 3.85. The van der Waals surface area contributed by atoms with Crippen LogP contribution in [0.4, 0.5) is 0 Å². The van der Waals surface area contributed by atoms with Gasteiger partial charge in [-0.3, -0.25) is 4.79 Å². The largest absolute Gasteiger partial charge is 0.497 e. The maximum Gasteiger partial charge on any atom is 0.252 e. The van der Waals surface area contributed by atoms with Crippen LogP contribution in [0.5, 0.6) is 5.75 Å². The van der Waals surface area contributed by atoms with E-state index in [0.717, 1.165) is 24.0 Å². The first-order chi connectivity index (χ1) is 8.69. The van der Waals surface area contributed by atoms with E-state index in [0.29, 0.717) is 17.9 Å². The number of carbonyl (C=O) groups excluding carboxylic acids is 1. The van der Waals surface area contributed by atoms with Gasteiger partial charge < -0.3 is 15.4 Å². The fourth-order valence-corrected chi connectivity index (χ4v) is 1.89. The number of hydrogen-bond donors (Lipinski definition) is 2. The molecule has 4 nitrogen and oxygen atoms in total. The van der Waals surface area contributed by atoms with Crippen molar-refractivity contribution in [1.82, 2.24) is 10.6 Å². The number of halogens is 2. The van der Waals surface area contributed by atoms with E-state index in [4.69, 9.17) is 4.74 Å². The fourth-order valence-electron chi connectivity index (χ4n) is 1.47. The normalized spacial score (nSPS) is 9.63. The Morgan fingerprint density at radius 2 is 2.05 bits per heavy atom. The summed E-state index contributed by atoms with van der Waals surface area (Å²) in [5.41, 5.74) is 0.588. The van der Waals surface area contributed by atoms with E-state index in [-0.39, 0.29) is 18.3 Å². The van der Waals surface area contributed by atoms with Gasteiger partial charge in [-0.05, 0) is 47.1 Å². The second kappa shape index (κ2) is 10.1. The maximum absolute atomic E-state index is 11.9. The van der Waals surface area contributed by atoms with E-state index < -0.39 is 0 Å². The molecule has 0 aromatic heterocycles. The van der Waals surface area contributed by atoms with Gasteiger partial charge in [-0.2, -0.15) is 0 Å². The second-order valence-corrected chi connectivity index (χ2v) is 4.71. The number of methoxy groups -OCH3 is 1. The average Bonchev–Trinajstić information content (AvgIpc) is 2.39. The van der Waals surface area contributed by atoms with Crippen LogP contribution in [0.1, 0.15) is 23.7 Å². The zero-order valence-electron chi connectivity index (χ0n) is 11.2. The van der Waals surface area contributed by atoms with Gasteiger partial charge in [-0.25, -0.2) is 0 Å². The van der Waals surface area contributed by atoms with Crippen molar-refractivity contribution in [3.05, 3.63) is 28.2 Å². The maximum atomic E-state index is 11.9. The van der Waals surface area contributed by atoms with Crippen molar-refractivity contribution in [2.75, 3.05) is 26.7 Å². The summed E-state index contributed by atoms with van der Waals surface area (Å²) in [4.78, 5) is 11.9. The van der Waals surface area contributed by atoms with Crippen LogP contribution in [0.15, 0.2) is 22.7 Å². The molecule has 1 rings (SSSR count). The Labute approximate surface area is 128 Å². The Hall–Kier alpha value is -0.780. The predicted molar refractivity (Wildman–Crippen MR) is 83.4 cm³/mol. The lowest BCUT2D eigenvalue weighted by Crippen LogP contribution is -2.32. The standard InChI is InChI=1S/C13H19BrN2O2.ClH/c1-3-6-15-7-8-16-13(17)11-9-10(18-2)4-5-12(11)14;/h4-5,9,15H,3,6-8H2,1-2H3,(H,16,17);1H. The molecule has 0 saturated carbocycles. The molecule has 0 spiro atoms. The number of carbonyl (C=O) groups is 1. The van der Waals surface area contributed by atoms with Crippen molar-refractivity contribution in [2.24, 2.45) is 0 Å². The average molecular weight is 352 g/mol. The molecule has 0 unspecified atom stereocenters. The molecule has 2 N–H and O–H groups in total. The molecule has 19 heavy (non-hydrogen) atoms. The number of nitrogens with one attached hydrogen (secondary N) is 2. The van der Waals surface area contributed by atoms with Gasteiger partial charge in [0, 0.05) is 17.6 Å². The third-order valence-electron chi connectivity index (χ3n) is 2.43. The number of rotatable bonds is 7. The third-order valence-corrected chi connectivity index (χ3v) is 3.12. The Kier molecular flexibility index (Phi) is 9.65. The molecule has 6 heteroatoms. The van der Waals surface area contributed by atoms with Gasteiger partial charge in [0.05, 0.1) is 12.7 Å². The molecule has 0 saturated heterocycles. The first kappa shape index (κ1) is 18.2. The highest BCUT2D eigenvalue weighted by Crippen LogP contribution is 2.22. The molecule has 0 aliphatic heterocycles. The van der Waals surface area contributed by atoms with Gasteiger partial charge in [0.2, 0.25) is 0 Å². The van der Waals surface area contributed by atoms with Crippen molar-refractivity contribution in [3.8, 4) is 5.75 Å². The van der Waals surface area contributed by atoms with E-state index >= 15 is 0 Å². The zero-order valence-corrected chi connectivity index (χ0v) is 13.6. The van der Waals surface area contributed by atoms with Crippen LogP contribution in [0.25, 0.3) is 0 Å². The molecule has 0 aliphatic rings. The summed E-state index contributed by atoms with van der Waals surface area (Å²) in [6.45, 7) is 4.47. The molecule has 108 valence electrons. The van der Waals surface area contributed by atoms with E-state index in [1.807, 2.05) is 12.1 Å². The molecule has 1 amide bonds. The van der Waals surface area contributed by atoms with E-state index in [1.165, 1.54) is 0 Å². The van der Waals surface area contributed by atoms with E-state index in [1.54, 1.807) is 13.2 Å². The molecule has 0 atom stereocenters. The first-order valence-corrected chi connectivity index (χ1v) is 6.80. The summed E-state index contributed by atoms with van der Waals surface area (Å²) in [6, 6.07) is 5.34. The van der Waals surface area contributed by atoms with Crippen LogP contribution in [0.2, 0.25) is 0 Å². The number of ether oxygens (including phenoxy) is 1.